The summed E-state index contributed by atoms with van der Waals surface area (Å²) >= 11 is 3.30. The number of hydrogen-bond donors (Lipinski definition) is 0. The molecule has 0 atom stereocenters. The van der Waals surface area contributed by atoms with E-state index in [9.17, 15) is 0 Å². The van der Waals surface area contributed by atoms with Crippen molar-refractivity contribution in [2.24, 2.45) is 0 Å². The Morgan fingerprint density at radius 1 is 1.27 bits per heavy atom. The molecule has 0 saturated heterocycles. The average molecular weight is 233 g/mol. The van der Waals surface area contributed by atoms with E-state index in [-0.39, 0.29) is 0 Å². The summed E-state index contributed by atoms with van der Waals surface area (Å²) < 4.78 is 1.14. The largest absolute Gasteiger partial charge is 0.245 e. The van der Waals surface area contributed by atoms with E-state index in [0.717, 1.165) is 25.5 Å². The maximum Gasteiger partial charge on any atom is 0.126 e. The normalized spacial score (nSPS) is 11.3. The van der Waals surface area contributed by atoms with Crippen LogP contribution in [0.3, 0.4) is 0 Å². The van der Waals surface area contributed by atoms with E-state index >= 15 is 0 Å². The molecule has 0 aliphatic rings. The first kappa shape index (κ1) is 9.06. The molecule has 0 saturated carbocycles. The number of pyridine rings is 1. The Morgan fingerprint density at radius 3 is 3.07 bits per heavy atom. The molecule has 3 nitrogen and oxygen atoms in total. The van der Waals surface area contributed by atoms with Gasteiger partial charge in [-0.25, -0.2) is 15.0 Å². The summed E-state index contributed by atoms with van der Waals surface area (Å²) in [6.45, 7) is 0. The summed E-state index contributed by atoms with van der Waals surface area (Å²) in [5.41, 5.74) is 1.02. The Balaban J connectivity index is 2.53. The fourth-order valence-corrected chi connectivity index (χ4v) is 3.33. The van der Waals surface area contributed by atoms with E-state index in [1.54, 1.807) is 29.4 Å². The second-order valence-corrected chi connectivity index (χ2v) is 4.81. The number of rotatable bonds is 1. The van der Waals surface area contributed by atoms with Crippen LogP contribution in [0.25, 0.3) is 20.4 Å². The van der Waals surface area contributed by atoms with E-state index in [1.807, 2.05) is 18.5 Å². The standard InChI is InChI=1S/C10H7N3S2/c1-14-10-8-7(12-5-13-10)6-3-2-4-11-9(6)15-8/h2-5H,1H3. The number of nitrogens with zero attached hydrogens (tertiary/aromatic N) is 3. The van der Waals surface area contributed by atoms with Crippen LogP contribution >= 0.6 is 23.1 Å². The molecule has 3 heterocycles. The highest BCUT2D eigenvalue weighted by atomic mass is 32.2. The van der Waals surface area contributed by atoms with Crippen molar-refractivity contribution in [1.29, 1.82) is 0 Å². The molecule has 0 aromatic carbocycles. The smallest absolute Gasteiger partial charge is 0.126 e. The first-order valence-electron chi connectivity index (χ1n) is 4.42. The monoisotopic (exact) mass is 233 g/mol. The molecule has 74 valence electrons. The Hall–Kier alpha value is -1.20. The van der Waals surface area contributed by atoms with Crippen LogP contribution in [0.4, 0.5) is 0 Å². The second-order valence-electron chi connectivity index (χ2n) is 3.02. The van der Waals surface area contributed by atoms with Crippen LogP contribution in [-0.2, 0) is 0 Å². The minimum Gasteiger partial charge on any atom is -0.245 e. The van der Waals surface area contributed by atoms with E-state index < -0.39 is 0 Å². The number of fused-ring (bicyclic) bond motifs is 3. The molecule has 0 unspecified atom stereocenters. The minimum absolute atomic E-state index is 1.02. The van der Waals surface area contributed by atoms with E-state index in [1.165, 1.54) is 0 Å². The summed E-state index contributed by atoms with van der Waals surface area (Å²) in [6, 6.07) is 3.99. The van der Waals surface area contributed by atoms with Gasteiger partial charge in [0.1, 0.15) is 16.2 Å². The van der Waals surface area contributed by atoms with Crippen molar-refractivity contribution in [2.75, 3.05) is 6.26 Å². The Bertz CT molecular complexity index is 633. The van der Waals surface area contributed by atoms with Crippen LogP contribution in [0.5, 0.6) is 0 Å². The quantitative estimate of drug-likeness (QED) is 0.478. The van der Waals surface area contributed by atoms with Gasteiger partial charge in [0.05, 0.1) is 10.2 Å². The van der Waals surface area contributed by atoms with Crippen LogP contribution in [0.15, 0.2) is 29.7 Å². The molecule has 3 aromatic heterocycles. The van der Waals surface area contributed by atoms with E-state index in [2.05, 4.69) is 21.0 Å². The minimum atomic E-state index is 1.02. The van der Waals surface area contributed by atoms with Gasteiger partial charge < -0.3 is 0 Å². The van der Waals surface area contributed by atoms with Gasteiger partial charge in [0.2, 0.25) is 0 Å². The van der Waals surface area contributed by atoms with Crippen molar-refractivity contribution >= 4 is 43.5 Å². The van der Waals surface area contributed by atoms with Gasteiger partial charge in [-0.15, -0.1) is 23.1 Å². The molecule has 0 aliphatic carbocycles. The van der Waals surface area contributed by atoms with Gasteiger partial charge in [-0.2, -0.15) is 0 Å². The van der Waals surface area contributed by atoms with Gasteiger partial charge in [0.25, 0.3) is 0 Å². The average Bonchev–Trinajstić information content (AvgIpc) is 2.67. The molecule has 0 aliphatic heterocycles. The Kier molecular flexibility index (Phi) is 2.07. The summed E-state index contributed by atoms with van der Waals surface area (Å²) in [6.07, 6.45) is 5.46. The van der Waals surface area contributed by atoms with Crippen LogP contribution in [0.2, 0.25) is 0 Å². The highest BCUT2D eigenvalue weighted by Crippen LogP contribution is 2.34. The van der Waals surface area contributed by atoms with Gasteiger partial charge in [-0.3, -0.25) is 0 Å². The lowest BCUT2D eigenvalue weighted by Crippen LogP contribution is -1.81. The number of thioether (sulfide) groups is 1. The number of thiophene rings is 1. The molecule has 3 aromatic rings. The van der Waals surface area contributed by atoms with Gasteiger partial charge >= 0.3 is 0 Å². The summed E-state index contributed by atoms with van der Waals surface area (Å²) in [7, 11) is 0. The van der Waals surface area contributed by atoms with Crippen LogP contribution < -0.4 is 0 Å². The molecule has 5 heteroatoms. The molecule has 0 radical (unpaired) electrons. The van der Waals surface area contributed by atoms with Crippen molar-refractivity contribution in [3.63, 3.8) is 0 Å². The van der Waals surface area contributed by atoms with Crippen molar-refractivity contribution < 1.29 is 0 Å². The lowest BCUT2D eigenvalue weighted by Gasteiger charge is -1.94. The Morgan fingerprint density at radius 2 is 2.20 bits per heavy atom. The number of hydrogen-bond acceptors (Lipinski definition) is 5. The predicted octanol–water partition coefficient (Wildman–Crippen LogP) is 2.96. The molecular formula is C10H7N3S2. The van der Waals surface area contributed by atoms with Gasteiger partial charge in [-0.05, 0) is 18.4 Å². The fourth-order valence-electron chi connectivity index (χ4n) is 1.54. The van der Waals surface area contributed by atoms with Crippen molar-refractivity contribution in [1.82, 2.24) is 15.0 Å². The topological polar surface area (TPSA) is 38.7 Å². The molecular weight excluding hydrogens is 226 g/mol. The zero-order valence-corrected chi connectivity index (χ0v) is 9.60. The van der Waals surface area contributed by atoms with Gasteiger partial charge in [0, 0.05) is 11.6 Å². The second kappa shape index (κ2) is 3.43. The zero-order valence-electron chi connectivity index (χ0n) is 7.97. The third-order valence-electron chi connectivity index (χ3n) is 2.19. The SMILES string of the molecule is CSc1ncnc2c1sc1ncccc12. The predicted molar refractivity (Wildman–Crippen MR) is 64.5 cm³/mol. The molecule has 0 spiro atoms. The summed E-state index contributed by atoms with van der Waals surface area (Å²) in [4.78, 5) is 13.9. The lowest BCUT2D eigenvalue weighted by atomic mass is 10.3. The molecule has 0 amide bonds. The first-order valence-corrected chi connectivity index (χ1v) is 6.46. The third-order valence-corrected chi connectivity index (χ3v) is 4.12. The Labute approximate surface area is 94.6 Å². The highest BCUT2D eigenvalue weighted by molar-refractivity contribution is 7.98. The first-order chi connectivity index (χ1) is 7.40. The molecule has 15 heavy (non-hydrogen) atoms. The van der Waals surface area contributed by atoms with Crippen LogP contribution in [0, 0.1) is 0 Å². The fraction of sp³-hybridized carbons (Fsp3) is 0.100. The zero-order chi connectivity index (χ0) is 10.3. The van der Waals surface area contributed by atoms with Crippen molar-refractivity contribution in [2.45, 2.75) is 5.03 Å². The van der Waals surface area contributed by atoms with Crippen LogP contribution in [-0.4, -0.2) is 21.2 Å². The van der Waals surface area contributed by atoms with E-state index in [0.29, 0.717) is 0 Å². The maximum atomic E-state index is 4.34. The van der Waals surface area contributed by atoms with Crippen molar-refractivity contribution in [3.05, 3.63) is 24.7 Å². The van der Waals surface area contributed by atoms with E-state index in [4.69, 9.17) is 0 Å². The highest BCUT2D eigenvalue weighted by Gasteiger charge is 2.10. The molecule has 3 rings (SSSR count). The molecule has 0 fully saturated rings. The van der Waals surface area contributed by atoms with Gasteiger partial charge in [-0.1, -0.05) is 0 Å². The van der Waals surface area contributed by atoms with Gasteiger partial charge in [0.15, 0.2) is 0 Å². The maximum absolute atomic E-state index is 4.34. The number of aromatic nitrogens is 3. The van der Waals surface area contributed by atoms with Crippen LogP contribution in [0.1, 0.15) is 0 Å². The molecule has 0 N–H and O–H groups in total. The molecule has 0 bridgehead atoms. The lowest BCUT2D eigenvalue weighted by molar-refractivity contribution is 1.11. The summed E-state index contributed by atoms with van der Waals surface area (Å²) in [5.74, 6) is 0. The van der Waals surface area contributed by atoms with Crippen molar-refractivity contribution in [3.8, 4) is 0 Å². The summed E-state index contributed by atoms with van der Waals surface area (Å²) in [5, 5.41) is 2.15. The third kappa shape index (κ3) is 1.31.